The lowest BCUT2D eigenvalue weighted by molar-refractivity contribution is -0.137. The van der Waals surface area contributed by atoms with Crippen molar-refractivity contribution in [1.82, 2.24) is 0 Å². The topological polar surface area (TPSA) is 9.23 Å². The van der Waals surface area contributed by atoms with Gasteiger partial charge in [0.25, 0.3) is 0 Å². The van der Waals surface area contributed by atoms with Gasteiger partial charge in [-0.2, -0.15) is 13.2 Å². The van der Waals surface area contributed by atoms with E-state index in [-0.39, 0.29) is 0 Å². The number of benzene rings is 1. The third-order valence-corrected chi connectivity index (χ3v) is 2.40. The molecule has 5 heteroatoms. The third-order valence-electron chi connectivity index (χ3n) is 1.71. The molecule has 1 rings (SSSR count). The number of hydrogen-bond acceptors (Lipinski definition) is 1. The molecule has 0 heterocycles. The Morgan fingerprint density at radius 2 is 2.00 bits per heavy atom. The summed E-state index contributed by atoms with van der Waals surface area (Å²) in [6.07, 6.45) is -1.34. The standard InChI is InChI=1S/C10H8BrF3O/c1-15-5-4-7-2-3-8(6-9(7)11)10(12,13)14/h2-6H,1H3/b5-4+. The van der Waals surface area contributed by atoms with Crippen molar-refractivity contribution >= 4 is 22.0 Å². The number of alkyl halides is 3. The molecule has 1 nitrogen and oxygen atoms in total. The molecular formula is C10H8BrF3O. The summed E-state index contributed by atoms with van der Waals surface area (Å²) in [5, 5.41) is 0. The quantitative estimate of drug-likeness (QED) is 0.742. The van der Waals surface area contributed by atoms with E-state index in [1.807, 2.05) is 0 Å². The minimum absolute atomic E-state index is 0.380. The molecule has 0 aliphatic rings. The van der Waals surface area contributed by atoms with Gasteiger partial charge in [0.05, 0.1) is 18.9 Å². The van der Waals surface area contributed by atoms with E-state index < -0.39 is 11.7 Å². The zero-order chi connectivity index (χ0) is 11.5. The second-order valence-corrected chi connectivity index (χ2v) is 3.63. The van der Waals surface area contributed by atoms with E-state index in [4.69, 9.17) is 0 Å². The number of halogens is 4. The van der Waals surface area contributed by atoms with Crippen LogP contribution in [0.3, 0.4) is 0 Å². The first-order valence-corrected chi connectivity index (χ1v) is 4.80. The molecule has 0 aromatic heterocycles. The summed E-state index contributed by atoms with van der Waals surface area (Å²) in [5.74, 6) is 0. The minimum Gasteiger partial charge on any atom is -0.504 e. The number of hydrogen-bond donors (Lipinski definition) is 0. The Bertz CT molecular complexity index is 371. The summed E-state index contributed by atoms with van der Waals surface area (Å²) in [6.45, 7) is 0. The van der Waals surface area contributed by atoms with Crippen molar-refractivity contribution < 1.29 is 17.9 Å². The van der Waals surface area contributed by atoms with E-state index in [1.54, 1.807) is 6.08 Å². The molecule has 0 spiro atoms. The van der Waals surface area contributed by atoms with Gasteiger partial charge in [-0.3, -0.25) is 0 Å². The lowest BCUT2D eigenvalue weighted by Crippen LogP contribution is -2.04. The normalized spacial score (nSPS) is 12.1. The van der Waals surface area contributed by atoms with E-state index in [1.165, 1.54) is 19.4 Å². The Labute approximate surface area is 93.7 Å². The molecule has 0 atom stereocenters. The van der Waals surface area contributed by atoms with Crippen LogP contribution in [0.1, 0.15) is 11.1 Å². The lowest BCUT2D eigenvalue weighted by Gasteiger charge is -2.07. The number of rotatable bonds is 2. The van der Waals surface area contributed by atoms with Gasteiger partial charge in [0, 0.05) is 4.47 Å². The SMILES string of the molecule is CO/C=C/c1ccc(C(F)(F)F)cc1Br. The van der Waals surface area contributed by atoms with Crippen LogP contribution in [0.25, 0.3) is 6.08 Å². The van der Waals surface area contributed by atoms with Crippen molar-refractivity contribution in [3.05, 3.63) is 40.1 Å². The number of methoxy groups -OCH3 is 1. The second-order valence-electron chi connectivity index (χ2n) is 2.77. The van der Waals surface area contributed by atoms with Gasteiger partial charge in [0.15, 0.2) is 0 Å². The summed E-state index contributed by atoms with van der Waals surface area (Å²) in [7, 11) is 1.47. The maximum atomic E-state index is 12.3. The van der Waals surface area contributed by atoms with Gasteiger partial charge in [-0.05, 0) is 23.8 Å². The predicted octanol–water partition coefficient (Wildman–Crippen LogP) is 4.09. The van der Waals surface area contributed by atoms with Gasteiger partial charge >= 0.3 is 6.18 Å². The lowest BCUT2D eigenvalue weighted by atomic mass is 10.1. The van der Waals surface area contributed by atoms with Crippen LogP contribution >= 0.6 is 15.9 Å². The van der Waals surface area contributed by atoms with Crippen LogP contribution in [0, 0.1) is 0 Å². The molecule has 0 saturated heterocycles. The van der Waals surface area contributed by atoms with Crippen molar-refractivity contribution in [2.75, 3.05) is 7.11 Å². The first-order valence-electron chi connectivity index (χ1n) is 4.01. The van der Waals surface area contributed by atoms with Gasteiger partial charge in [0.2, 0.25) is 0 Å². The molecule has 0 aliphatic heterocycles. The summed E-state index contributed by atoms with van der Waals surface area (Å²) < 4.78 is 41.9. The highest BCUT2D eigenvalue weighted by atomic mass is 79.9. The van der Waals surface area contributed by atoms with Crippen LogP contribution in [0.15, 0.2) is 28.9 Å². The molecule has 0 fully saturated rings. The van der Waals surface area contributed by atoms with Crippen LogP contribution in [-0.4, -0.2) is 7.11 Å². The fourth-order valence-corrected chi connectivity index (χ4v) is 1.49. The molecule has 15 heavy (non-hydrogen) atoms. The van der Waals surface area contributed by atoms with E-state index in [9.17, 15) is 13.2 Å². The summed E-state index contributed by atoms with van der Waals surface area (Å²) in [6, 6.07) is 3.44. The largest absolute Gasteiger partial charge is 0.504 e. The van der Waals surface area contributed by atoms with Crippen molar-refractivity contribution in [1.29, 1.82) is 0 Å². The van der Waals surface area contributed by atoms with Crippen LogP contribution in [-0.2, 0) is 10.9 Å². The summed E-state index contributed by atoms with van der Waals surface area (Å²) in [5.41, 5.74) is -0.0474. The molecule has 1 aromatic rings. The molecule has 0 amide bonds. The average Bonchev–Trinajstić information content (AvgIpc) is 2.14. The Morgan fingerprint density at radius 3 is 2.47 bits per heavy atom. The van der Waals surface area contributed by atoms with Gasteiger partial charge in [-0.25, -0.2) is 0 Å². The van der Waals surface area contributed by atoms with Crippen LogP contribution in [0.2, 0.25) is 0 Å². The molecular weight excluding hydrogens is 273 g/mol. The van der Waals surface area contributed by atoms with Crippen molar-refractivity contribution in [3.63, 3.8) is 0 Å². The van der Waals surface area contributed by atoms with E-state index in [0.29, 0.717) is 10.0 Å². The zero-order valence-electron chi connectivity index (χ0n) is 7.81. The Hall–Kier alpha value is -0.970. The highest BCUT2D eigenvalue weighted by molar-refractivity contribution is 9.10. The van der Waals surface area contributed by atoms with Crippen molar-refractivity contribution in [2.45, 2.75) is 6.18 Å². The molecule has 0 bridgehead atoms. The third kappa shape index (κ3) is 3.27. The van der Waals surface area contributed by atoms with Crippen LogP contribution in [0.5, 0.6) is 0 Å². The Balaban J connectivity index is 3.04. The molecule has 0 radical (unpaired) electrons. The van der Waals surface area contributed by atoms with Crippen molar-refractivity contribution in [2.24, 2.45) is 0 Å². The molecule has 82 valence electrons. The molecule has 0 saturated carbocycles. The number of ether oxygens (including phenoxy) is 1. The van der Waals surface area contributed by atoms with E-state index in [2.05, 4.69) is 20.7 Å². The molecule has 0 unspecified atom stereocenters. The van der Waals surface area contributed by atoms with Crippen LogP contribution < -0.4 is 0 Å². The first-order chi connectivity index (χ1) is 6.95. The van der Waals surface area contributed by atoms with E-state index in [0.717, 1.165) is 12.1 Å². The first kappa shape index (κ1) is 12.1. The minimum atomic E-state index is -4.31. The Morgan fingerprint density at radius 1 is 1.33 bits per heavy atom. The molecule has 1 aromatic carbocycles. The smallest absolute Gasteiger partial charge is 0.416 e. The summed E-state index contributed by atoms with van der Waals surface area (Å²) in [4.78, 5) is 0. The maximum Gasteiger partial charge on any atom is 0.416 e. The van der Waals surface area contributed by atoms with Crippen LogP contribution in [0.4, 0.5) is 13.2 Å². The van der Waals surface area contributed by atoms with Gasteiger partial charge in [-0.1, -0.05) is 22.0 Å². The Kier molecular flexibility index (Phi) is 3.79. The predicted molar refractivity (Wildman–Crippen MR) is 55.2 cm³/mol. The fraction of sp³-hybridized carbons (Fsp3) is 0.200. The highest BCUT2D eigenvalue weighted by Gasteiger charge is 2.30. The zero-order valence-corrected chi connectivity index (χ0v) is 9.39. The molecule has 0 N–H and O–H groups in total. The van der Waals surface area contributed by atoms with Gasteiger partial charge in [0.1, 0.15) is 0 Å². The maximum absolute atomic E-state index is 12.3. The monoisotopic (exact) mass is 280 g/mol. The highest BCUT2D eigenvalue weighted by Crippen LogP contribution is 2.32. The van der Waals surface area contributed by atoms with Gasteiger partial charge < -0.3 is 4.74 Å². The van der Waals surface area contributed by atoms with Gasteiger partial charge in [-0.15, -0.1) is 0 Å². The molecule has 0 aliphatic carbocycles. The average molecular weight is 281 g/mol. The van der Waals surface area contributed by atoms with E-state index >= 15 is 0 Å². The fourth-order valence-electron chi connectivity index (χ4n) is 0.980. The summed E-state index contributed by atoms with van der Waals surface area (Å²) >= 11 is 3.06. The van der Waals surface area contributed by atoms with Crippen molar-refractivity contribution in [3.8, 4) is 0 Å². The second kappa shape index (κ2) is 4.70.